The molecule has 0 saturated heterocycles. The molecule has 0 radical (unpaired) electrons. The molecule has 1 heterocycles. The number of rotatable bonds is 10. The van der Waals surface area contributed by atoms with Gasteiger partial charge in [0.05, 0.1) is 10.4 Å². The second kappa shape index (κ2) is 15.3. The van der Waals surface area contributed by atoms with Crippen LogP contribution in [0.5, 0.6) is 0 Å². The van der Waals surface area contributed by atoms with Crippen LogP contribution in [0.4, 0.5) is 22.1 Å². The molecule has 0 aliphatic heterocycles. The van der Waals surface area contributed by atoms with E-state index in [9.17, 15) is 19.6 Å². The van der Waals surface area contributed by atoms with Crippen molar-refractivity contribution in [1.29, 1.82) is 5.26 Å². The van der Waals surface area contributed by atoms with Gasteiger partial charge in [0.2, 0.25) is 5.91 Å². The molecule has 1 unspecified atom stereocenters. The Kier molecular flexibility index (Phi) is 10.8. The average molecular weight is 676 g/mol. The van der Waals surface area contributed by atoms with Gasteiger partial charge in [-0.1, -0.05) is 54.6 Å². The lowest BCUT2D eigenvalue weighted by Crippen LogP contribution is -2.19. The number of para-hydroxylation sites is 1. The molecular formula is C36H29N5O3S3. The van der Waals surface area contributed by atoms with Gasteiger partial charge < -0.3 is 21.3 Å². The van der Waals surface area contributed by atoms with E-state index >= 15 is 0 Å². The van der Waals surface area contributed by atoms with E-state index in [0.29, 0.717) is 31.8 Å². The summed E-state index contributed by atoms with van der Waals surface area (Å²) in [5.41, 5.74) is 4.22. The van der Waals surface area contributed by atoms with Gasteiger partial charge in [0, 0.05) is 27.5 Å². The van der Waals surface area contributed by atoms with Gasteiger partial charge in [-0.15, -0.1) is 23.1 Å². The normalized spacial score (nSPS) is 11.1. The van der Waals surface area contributed by atoms with Gasteiger partial charge in [0.1, 0.15) is 16.3 Å². The number of nitriles is 1. The van der Waals surface area contributed by atoms with Crippen molar-refractivity contribution in [3.63, 3.8) is 0 Å². The van der Waals surface area contributed by atoms with Gasteiger partial charge in [-0.2, -0.15) is 5.26 Å². The molecule has 2 amide bonds. The Balaban J connectivity index is 1.32. The van der Waals surface area contributed by atoms with Gasteiger partial charge in [0.25, 0.3) is 5.91 Å². The Morgan fingerprint density at radius 1 is 0.787 bits per heavy atom. The highest BCUT2D eigenvalue weighted by atomic mass is 32.2. The predicted molar refractivity (Wildman–Crippen MR) is 195 cm³/mol. The molecule has 4 aromatic carbocycles. The monoisotopic (exact) mass is 675 g/mol. The lowest BCUT2D eigenvalue weighted by atomic mass is 10.1. The van der Waals surface area contributed by atoms with Crippen LogP contribution in [-0.4, -0.2) is 22.7 Å². The lowest BCUT2D eigenvalue weighted by Gasteiger charge is -2.18. The van der Waals surface area contributed by atoms with Gasteiger partial charge in [0.15, 0.2) is 10.9 Å². The fourth-order valence-electron chi connectivity index (χ4n) is 4.61. The molecule has 5 aromatic rings. The van der Waals surface area contributed by atoms with Crippen molar-refractivity contribution in [3.8, 4) is 6.07 Å². The van der Waals surface area contributed by atoms with E-state index < -0.39 is 5.25 Å². The summed E-state index contributed by atoms with van der Waals surface area (Å²) < 4.78 is 0. The first kappa shape index (κ1) is 33.1. The minimum absolute atomic E-state index is 0.0129. The van der Waals surface area contributed by atoms with Crippen LogP contribution >= 0.6 is 35.3 Å². The third-order valence-electron chi connectivity index (χ3n) is 6.97. The van der Waals surface area contributed by atoms with Crippen molar-refractivity contribution >= 4 is 80.1 Å². The van der Waals surface area contributed by atoms with E-state index in [1.807, 2.05) is 72.8 Å². The van der Waals surface area contributed by atoms with Crippen LogP contribution in [-0.2, 0) is 4.79 Å². The van der Waals surface area contributed by atoms with Crippen LogP contribution in [0, 0.1) is 18.3 Å². The van der Waals surface area contributed by atoms with Crippen molar-refractivity contribution in [2.24, 2.45) is 0 Å². The summed E-state index contributed by atoms with van der Waals surface area (Å²) in [5.74, 6) is -0.700. The van der Waals surface area contributed by atoms with Crippen molar-refractivity contribution in [2.75, 3.05) is 21.3 Å². The van der Waals surface area contributed by atoms with E-state index in [1.165, 1.54) is 18.7 Å². The van der Waals surface area contributed by atoms with Crippen molar-refractivity contribution < 1.29 is 14.4 Å². The van der Waals surface area contributed by atoms with Gasteiger partial charge >= 0.3 is 0 Å². The summed E-state index contributed by atoms with van der Waals surface area (Å²) in [6, 6.07) is 35.1. The number of hydrogen-bond acceptors (Lipinski definition) is 7. The Morgan fingerprint density at radius 2 is 1.40 bits per heavy atom. The first-order valence-electron chi connectivity index (χ1n) is 14.4. The Hall–Kier alpha value is -5.28. The highest BCUT2D eigenvalue weighted by Crippen LogP contribution is 2.39. The summed E-state index contributed by atoms with van der Waals surface area (Å²) in [7, 11) is 0. The Bertz CT molecular complexity index is 1970. The van der Waals surface area contributed by atoms with Crippen LogP contribution in [0.2, 0.25) is 0 Å². The van der Waals surface area contributed by atoms with Gasteiger partial charge in [-0.25, -0.2) is 0 Å². The molecule has 0 saturated carbocycles. The summed E-state index contributed by atoms with van der Waals surface area (Å²) in [6.07, 6.45) is 0. The number of nitrogens with one attached hydrogen (secondary N) is 4. The first-order valence-corrected chi connectivity index (χ1v) is 16.5. The minimum atomic E-state index is -0.674. The first-order chi connectivity index (χ1) is 22.7. The smallest absolute Gasteiger partial charge is 0.266 e. The quantitative estimate of drug-likeness (QED) is 0.0659. The number of nitrogens with zero attached hydrogens (tertiary/aromatic N) is 1. The highest BCUT2D eigenvalue weighted by molar-refractivity contribution is 8.00. The fraction of sp³-hybridized carbons (Fsp3) is 0.0833. The number of anilines is 4. The third-order valence-corrected chi connectivity index (χ3v) is 9.63. The van der Waals surface area contributed by atoms with Crippen LogP contribution in [0.1, 0.15) is 48.9 Å². The number of Topliss-reactive ketones (excluding diaryl/α,β-unsaturated/α-hetero) is 1. The molecule has 5 rings (SSSR count). The van der Waals surface area contributed by atoms with Crippen molar-refractivity contribution in [2.45, 2.75) is 24.0 Å². The second-order valence-electron chi connectivity index (χ2n) is 10.3. The molecule has 1 atom stereocenters. The van der Waals surface area contributed by atoms with Crippen molar-refractivity contribution in [3.05, 3.63) is 136 Å². The summed E-state index contributed by atoms with van der Waals surface area (Å²) in [5, 5.41) is 22.0. The molecule has 0 aliphatic carbocycles. The number of carbonyl (C=O) groups excluding carboxylic acids is 3. The molecule has 47 heavy (non-hydrogen) atoms. The molecule has 8 nitrogen and oxygen atoms in total. The molecular weight excluding hydrogens is 647 g/mol. The Morgan fingerprint density at radius 3 is 2.06 bits per heavy atom. The predicted octanol–water partition coefficient (Wildman–Crippen LogP) is 8.66. The molecule has 4 N–H and O–H groups in total. The average Bonchev–Trinajstić information content (AvgIpc) is 3.39. The summed E-state index contributed by atoms with van der Waals surface area (Å²) in [4.78, 5) is 39.7. The standard InChI is InChI=1S/C36H29N5O3S3/c1-22-30(21-37)35(47-31(22)33(43)38-26-12-7-4-8-13-26)41-34(44)32(25-10-5-3-6-11-25)46-29-15-9-14-28(20-29)40-36(45)39-27-18-16-24(17-19-27)23(2)42/h3-20,32H,1-2H3,(H,38,43)(H,41,44)(H2,39,40,45). The number of amides is 2. The number of thiophene rings is 1. The van der Waals surface area contributed by atoms with Gasteiger partial charge in [-0.05, 0) is 91.8 Å². The maximum atomic E-state index is 13.9. The van der Waals surface area contributed by atoms with Crippen LogP contribution in [0.25, 0.3) is 0 Å². The fourth-order valence-corrected chi connectivity index (χ4v) is 6.98. The highest BCUT2D eigenvalue weighted by Gasteiger charge is 2.27. The SMILES string of the molecule is CC(=O)c1ccc(NC(=S)Nc2cccc(SC(C(=O)Nc3sc(C(=O)Nc4ccccc4)c(C)c3C#N)c3ccccc3)c2)cc1. The molecule has 0 aliphatic rings. The minimum Gasteiger partial charge on any atom is -0.332 e. The van der Waals surface area contributed by atoms with Crippen LogP contribution in [0.15, 0.2) is 114 Å². The largest absolute Gasteiger partial charge is 0.332 e. The molecule has 0 bridgehead atoms. The van der Waals surface area contributed by atoms with Crippen molar-refractivity contribution in [1.82, 2.24) is 0 Å². The number of thioether (sulfide) groups is 1. The third kappa shape index (κ3) is 8.51. The maximum Gasteiger partial charge on any atom is 0.266 e. The van der Waals surface area contributed by atoms with E-state index in [0.717, 1.165) is 33.2 Å². The zero-order valence-electron chi connectivity index (χ0n) is 25.4. The van der Waals surface area contributed by atoms with Gasteiger partial charge in [-0.3, -0.25) is 14.4 Å². The molecule has 0 spiro atoms. The second-order valence-corrected chi connectivity index (χ2v) is 12.9. The number of ketones is 1. The number of hydrogen-bond donors (Lipinski definition) is 4. The Labute approximate surface area is 286 Å². The molecule has 0 fully saturated rings. The zero-order chi connectivity index (χ0) is 33.3. The molecule has 234 valence electrons. The zero-order valence-corrected chi connectivity index (χ0v) is 27.8. The van der Waals surface area contributed by atoms with Crippen LogP contribution < -0.4 is 21.3 Å². The maximum absolute atomic E-state index is 13.9. The number of carbonyl (C=O) groups is 3. The molecule has 1 aromatic heterocycles. The lowest BCUT2D eigenvalue weighted by molar-refractivity contribution is -0.115. The number of benzene rings is 4. The van der Waals surface area contributed by atoms with Crippen LogP contribution in [0.3, 0.4) is 0 Å². The topological polar surface area (TPSA) is 123 Å². The van der Waals surface area contributed by atoms with E-state index in [-0.39, 0.29) is 23.2 Å². The number of thiocarbonyl (C=S) groups is 1. The summed E-state index contributed by atoms with van der Waals surface area (Å²) >= 11 is 7.92. The van der Waals surface area contributed by atoms with E-state index in [4.69, 9.17) is 12.2 Å². The summed E-state index contributed by atoms with van der Waals surface area (Å²) in [6.45, 7) is 3.22. The molecule has 11 heteroatoms. The van der Waals surface area contributed by atoms with E-state index in [2.05, 4.69) is 27.3 Å². The van der Waals surface area contributed by atoms with E-state index in [1.54, 1.807) is 43.3 Å².